The largest absolute Gasteiger partial charge is 0.504 e. The van der Waals surface area contributed by atoms with Crippen LogP contribution in [0.25, 0.3) is 0 Å². The van der Waals surface area contributed by atoms with Crippen molar-refractivity contribution in [3.8, 4) is 17.2 Å². The molecule has 0 unspecified atom stereocenters. The predicted molar refractivity (Wildman–Crippen MR) is 59.8 cm³/mol. The normalized spacial score (nSPS) is 10.9. The maximum Gasteiger partial charge on any atom is 0.309 e. The lowest BCUT2D eigenvalue weighted by Crippen LogP contribution is -2.14. The SMILES string of the molecule is COc1cc(OS(=O)(=O)CCC=O)ccc1O. The summed E-state index contributed by atoms with van der Waals surface area (Å²) in [7, 11) is -2.47. The third-order valence-corrected chi connectivity index (χ3v) is 3.04. The van der Waals surface area contributed by atoms with Crippen molar-refractivity contribution in [2.45, 2.75) is 6.42 Å². The predicted octanol–water partition coefficient (Wildman–Crippen LogP) is 0.698. The summed E-state index contributed by atoms with van der Waals surface area (Å²) in [6.07, 6.45) is 0.371. The summed E-state index contributed by atoms with van der Waals surface area (Å²) in [4.78, 5) is 10.1. The van der Waals surface area contributed by atoms with E-state index < -0.39 is 10.1 Å². The number of hydrogen-bond donors (Lipinski definition) is 1. The molecule has 0 saturated carbocycles. The third kappa shape index (κ3) is 3.95. The first kappa shape index (κ1) is 13.3. The molecule has 7 heteroatoms. The van der Waals surface area contributed by atoms with E-state index in [9.17, 15) is 18.3 Å². The second-order valence-electron chi connectivity index (χ2n) is 3.13. The average molecular weight is 260 g/mol. The maximum atomic E-state index is 11.4. The van der Waals surface area contributed by atoms with Crippen molar-refractivity contribution >= 4 is 16.4 Å². The molecule has 0 saturated heterocycles. The fourth-order valence-corrected chi connectivity index (χ4v) is 1.96. The van der Waals surface area contributed by atoms with Crippen LogP contribution < -0.4 is 8.92 Å². The molecule has 0 spiro atoms. The summed E-state index contributed by atoms with van der Waals surface area (Å²) in [5.41, 5.74) is 0. The highest BCUT2D eigenvalue weighted by molar-refractivity contribution is 7.87. The molecule has 17 heavy (non-hydrogen) atoms. The molecular formula is C10H12O6S. The molecule has 6 nitrogen and oxygen atoms in total. The number of methoxy groups -OCH3 is 1. The van der Waals surface area contributed by atoms with Gasteiger partial charge in [-0.2, -0.15) is 8.42 Å². The number of carbonyl (C=O) groups excluding carboxylic acids is 1. The Morgan fingerprint density at radius 3 is 2.71 bits per heavy atom. The molecule has 0 heterocycles. The van der Waals surface area contributed by atoms with E-state index >= 15 is 0 Å². The highest BCUT2D eigenvalue weighted by atomic mass is 32.2. The van der Waals surface area contributed by atoms with Crippen LogP contribution in [0, 0.1) is 0 Å². The Labute approximate surface area is 98.9 Å². The first-order chi connectivity index (χ1) is 7.98. The minimum atomic E-state index is -3.80. The lowest BCUT2D eigenvalue weighted by Gasteiger charge is -2.08. The number of hydrogen-bond acceptors (Lipinski definition) is 6. The maximum absolute atomic E-state index is 11.4. The van der Waals surface area contributed by atoms with Crippen molar-refractivity contribution in [3.63, 3.8) is 0 Å². The van der Waals surface area contributed by atoms with Gasteiger partial charge in [0.1, 0.15) is 12.0 Å². The van der Waals surface area contributed by atoms with Crippen molar-refractivity contribution < 1.29 is 27.2 Å². The van der Waals surface area contributed by atoms with Gasteiger partial charge in [-0.15, -0.1) is 0 Å². The van der Waals surface area contributed by atoms with Gasteiger partial charge in [0.15, 0.2) is 11.5 Å². The molecule has 0 aliphatic rings. The lowest BCUT2D eigenvalue weighted by molar-refractivity contribution is -0.107. The van der Waals surface area contributed by atoms with E-state index in [-0.39, 0.29) is 29.4 Å². The zero-order valence-electron chi connectivity index (χ0n) is 9.12. The van der Waals surface area contributed by atoms with Gasteiger partial charge < -0.3 is 18.8 Å². The van der Waals surface area contributed by atoms with E-state index in [1.807, 2.05) is 0 Å². The van der Waals surface area contributed by atoms with E-state index in [0.29, 0.717) is 6.29 Å². The number of benzene rings is 1. The van der Waals surface area contributed by atoms with Crippen molar-refractivity contribution in [3.05, 3.63) is 18.2 Å². The van der Waals surface area contributed by atoms with Gasteiger partial charge in [-0.3, -0.25) is 0 Å². The van der Waals surface area contributed by atoms with Gasteiger partial charge >= 0.3 is 10.1 Å². The van der Waals surface area contributed by atoms with Crippen molar-refractivity contribution in [1.29, 1.82) is 0 Å². The quantitative estimate of drug-likeness (QED) is 0.598. The molecule has 1 N–H and O–H groups in total. The number of aromatic hydroxyl groups is 1. The van der Waals surface area contributed by atoms with E-state index in [2.05, 4.69) is 0 Å². The van der Waals surface area contributed by atoms with Gasteiger partial charge in [-0.05, 0) is 12.1 Å². The molecule has 0 aliphatic carbocycles. The fourth-order valence-electron chi connectivity index (χ4n) is 1.09. The highest BCUT2D eigenvalue weighted by Crippen LogP contribution is 2.30. The van der Waals surface area contributed by atoms with Gasteiger partial charge in [-0.1, -0.05) is 0 Å². The second kappa shape index (κ2) is 5.53. The molecule has 0 atom stereocenters. The first-order valence-electron chi connectivity index (χ1n) is 4.71. The fraction of sp³-hybridized carbons (Fsp3) is 0.300. The smallest absolute Gasteiger partial charge is 0.309 e. The van der Waals surface area contributed by atoms with Gasteiger partial charge in [-0.25, -0.2) is 0 Å². The van der Waals surface area contributed by atoms with Crippen molar-refractivity contribution in [2.75, 3.05) is 12.9 Å². The minimum Gasteiger partial charge on any atom is -0.504 e. The molecule has 1 rings (SSSR count). The summed E-state index contributed by atoms with van der Waals surface area (Å²) >= 11 is 0. The number of phenols is 1. The number of rotatable bonds is 6. The molecule has 0 fully saturated rings. The molecule has 0 bridgehead atoms. The number of aldehydes is 1. The van der Waals surface area contributed by atoms with Crippen LogP contribution in [0.2, 0.25) is 0 Å². The standard InChI is InChI=1S/C10H12O6S/c1-15-10-7-8(3-4-9(10)12)16-17(13,14)6-2-5-11/h3-5,7,12H,2,6H2,1H3. The Bertz CT molecular complexity index is 494. The van der Waals surface area contributed by atoms with Gasteiger partial charge in [0, 0.05) is 12.5 Å². The summed E-state index contributed by atoms with van der Waals surface area (Å²) in [6.45, 7) is 0. The van der Waals surface area contributed by atoms with Crippen LogP contribution in [0.4, 0.5) is 0 Å². The van der Waals surface area contributed by atoms with Crippen LogP contribution in [0.15, 0.2) is 18.2 Å². The van der Waals surface area contributed by atoms with E-state index in [1.165, 1.54) is 25.3 Å². The Morgan fingerprint density at radius 2 is 2.12 bits per heavy atom. The molecule has 1 aromatic rings. The highest BCUT2D eigenvalue weighted by Gasteiger charge is 2.13. The second-order valence-corrected chi connectivity index (χ2v) is 4.82. The number of phenolic OH excluding ortho intramolecular Hbond substituents is 1. The molecule has 94 valence electrons. The van der Waals surface area contributed by atoms with Crippen LogP contribution in [0.1, 0.15) is 6.42 Å². The Hall–Kier alpha value is -1.76. The minimum absolute atomic E-state index is 0.0190. The lowest BCUT2D eigenvalue weighted by atomic mass is 10.3. The molecule has 0 radical (unpaired) electrons. The van der Waals surface area contributed by atoms with Crippen LogP contribution in [0.3, 0.4) is 0 Å². The molecule has 0 aromatic heterocycles. The number of carbonyl (C=O) groups is 1. The van der Waals surface area contributed by atoms with Gasteiger partial charge in [0.05, 0.1) is 12.9 Å². The van der Waals surface area contributed by atoms with Crippen LogP contribution in [0.5, 0.6) is 17.2 Å². The zero-order valence-corrected chi connectivity index (χ0v) is 9.94. The van der Waals surface area contributed by atoms with Crippen LogP contribution in [-0.4, -0.2) is 32.7 Å². The Balaban J connectivity index is 2.84. The van der Waals surface area contributed by atoms with Crippen molar-refractivity contribution in [1.82, 2.24) is 0 Å². The monoisotopic (exact) mass is 260 g/mol. The third-order valence-electron chi connectivity index (χ3n) is 1.86. The van der Waals surface area contributed by atoms with Crippen molar-refractivity contribution in [2.24, 2.45) is 0 Å². The van der Waals surface area contributed by atoms with Gasteiger partial charge in [0.2, 0.25) is 0 Å². The topological polar surface area (TPSA) is 89.9 Å². The molecule has 0 aliphatic heterocycles. The first-order valence-corrected chi connectivity index (χ1v) is 6.29. The Kier molecular flexibility index (Phi) is 4.33. The zero-order chi connectivity index (χ0) is 12.9. The molecular weight excluding hydrogens is 248 g/mol. The van der Waals surface area contributed by atoms with E-state index in [1.54, 1.807) is 0 Å². The Morgan fingerprint density at radius 1 is 1.41 bits per heavy atom. The number of ether oxygens (including phenoxy) is 1. The average Bonchev–Trinajstić information content (AvgIpc) is 2.29. The summed E-state index contributed by atoms with van der Waals surface area (Å²) in [5, 5.41) is 9.30. The van der Waals surface area contributed by atoms with E-state index in [4.69, 9.17) is 8.92 Å². The van der Waals surface area contributed by atoms with Crippen LogP contribution in [-0.2, 0) is 14.9 Å². The van der Waals surface area contributed by atoms with E-state index in [0.717, 1.165) is 0 Å². The summed E-state index contributed by atoms with van der Waals surface area (Å²) in [5.74, 6) is -0.386. The van der Waals surface area contributed by atoms with Gasteiger partial charge in [0.25, 0.3) is 0 Å². The molecule has 0 amide bonds. The summed E-state index contributed by atoms with van der Waals surface area (Å²) < 4.78 is 32.2. The summed E-state index contributed by atoms with van der Waals surface area (Å²) in [6, 6.07) is 3.79. The van der Waals surface area contributed by atoms with Crippen LogP contribution >= 0.6 is 0 Å². The molecule has 1 aromatic carbocycles.